The van der Waals surface area contributed by atoms with Crippen LogP contribution in [0.15, 0.2) is 0 Å². The summed E-state index contributed by atoms with van der Waals surface area (Å²) in [5.41, 5.74) is 0. The van der Waals surface area contributed by atoms with E-state index in [9.17, 15) is 0 Å². The fourth-order valence-electron chi connectivity index (χ4n) is 0.979. The molecule has 0 aromatic carbocycles. The third-order valence-corrected chi connectivity index (χ3v) is 1.46. The van der Waals surface area contributed by atoms with Crippen molar-refractivity contribution in [2.24, 2.45) is 0 Å². The molecular weight excluding hydrogens is 79.0 g/mol. The van der Waals surface area contributed by atoms with Gasteiger partial charge in [0.05, 0.1) is 0 Å². The van der Waals surface area contributed by atoms with Crippen molar-refractivity contribution in [2.45, 2.75) is 32.6 Å². The molecule has 0 aromatic rings. The number of hydrogen-bond acceptors (Lipinski definition) is 0. The van der Waals surface area contributed by atoms with Gasteiger partial charge in [0, 0.05) is 0 Å². The first-order chi connectivity index (χ1) is 2.89. The molecule has 1 radical (unpaired) electrons. The Bertz CT molecular complexity index is 37.4. The van der Waals surface area contributed by atoms with Crippen LogP contribution in [0.2, 0.25) is 0 Å². The molecule has 0 aromatic heterocycles. The first-order valence-electron chi connectivity index (χ1n) is 2.71. The van der Waals surface area contributed by atoms with Gasteiger partial charge >= 0.3 is 18.9 Å². The van der Waals surface area contributed by atoms with Gasteiger partial charge in [0.25, 0.3) is 0 Å². The van der Waals surface area contributed by atoms with E-state index in [0.717, 1.165) is 0 Å². The molecule has 1 saturated carbocycles. The molecule has 0 amide bonds. The van der Waals surface area contributed by atoms with Crippen LogP contribution in [0, 0.1) is 5.92 Å². The van der Waals surface area contributed by atoms with E-state index in [1.54, 1.807) is 5.92 Å². The van der Waals surface area contributed by atoms with Crippen LogP contribution in [0.5, 0.6) is 0 Å². The van der Waals surface area contributed by atoms with Crippen LogP contribution >= 0.6 is 0 Å². The molecule has 1 heteroatoms. The van der Waals surface area contributed by atoms with Crippen molar-refractivity contribution in [1.29, 1.82) is 0 Å². The zero-order chi connectivity index (χ0) is 4.41. The summed E-state index contributed by atoms with van der Waals surface area (Å²) in [5.74, 6) is 1.70. The maximum absolute atomic E-state index is 2.26. The minimum absolute atomic E-state index is 0. The van der Waals surface area contributed by atoms with Crippen molar-refractivity contribution in [3.63, 3.8) is 0 Å². The summed E-state index contributed by atoms with van der Waals surface area (Å²) >= 11 is 0. The Morgan fingerprint density at radius 2 is 1.57 bits per heavy atom. The molecule has 0 bridgehead atoms. The summed E-state index contributed by atoms with van der Waals surface area (Å²) in [4.78, 5) is 0. The number of hydrogen-bond donors (Lipinski definition) is 0. The molecule has 0 aliphatic heterocycles. The third-order valence-electron chi connectivity index (χ3n) is 1.46. The number of rotatable bonds is 0. The van der Waals surface area contributed by atoms with E-state index in [1.165, 1.54) is 25.7 Å². The van der Waals surface area contributed by atoms with Crippen LogP contribution in [0.3, 0.4) is 0 Å². The van der Waals surface area contributed by atoms with Gasteiger partial charge in [-0.15, -0.1) is 0 Å². The zero-order valence-corrected chi connectivity index (χ0v) is 4.33. The Kier molecular flexibility index (Phi) is 3.89. The second-order valence-corrected chi connectivity index (χ2v) is 2.16. The Balaban J connectivity index is 0.000000360. The summed E-state index contributed by atoms with van der Waals surface area (Å²) < 4.78 is 0. The molecule has 0 heterocycles. The quantitative estimate of drug-likeness (QED) is 0.396. The van der Waals surface area contributed by atoms with Crippen LogP contribution in [-0.4, -0.2) is 18.9 Å². The van der Waals surface area contributed by atoms with Gasteiger partial charge in [0.15, 0.2) is 0 Å². The van der Waals surface area contributed by atoms with Crippen molar-refractivity contribution in [3.05, 3.63) is 5.92 Å². The SMILES string of the molecule is C[C]1CCCC1.[LiH]. The second-order valence-electron chi connectivity index (χ2n) is 2.16. The van der Waals surface area contributed by atoms with Gasteiger partial charge < -0.3 is 0 Å². The summed E-state index contributed by atoms with van der Waals surface area (Å²) in [6.07, 6.45) is 5.71. The van der Waals surface area contributed by atoms with E-state index in [-0.39, 0.29) is 18.9 Å². The van der Waals surface area contributed by atoms with Gasteiger partial charge in [0.2, 0.25) is 0 Å². The van der Waals surface area contributed by atoms with Crippen LogP contribution in [-0.2, 0) is 0 Å². The first-order valence-corrected chi connectivity index (χ1v) is 2.71. The van der Waals surface area contributed by atoms with Gasteiger partial charge in [-0.25, -0.2) is 0 Å². The maximum atomic E-state index is 2.26. The Morgan fingerprint density at radius 3 is 1.71 bits per heavy atom. The van der Waals surface area contributed by atoms with Gasteiger partial charge in [-0.1, -0.05) is 19.8 Å². The van der Waals surface area contributed by atoms with Crippen LogP contribution in [0.25, 0.3) is 0 Å². The normalized spacial score (nSPS) is 21.9. The monoisotopic (exact) mass is 91.1 g/mol. The van der Waals surface area contributed by atoms with Crippen LogP contribution in [0.1, 0.15) is 32.6 Å². The molecule has 0 unspecified atom stereocenters. The molecule has 37 valence electrons. The minimum atomic E-state index is 0. The van der Waals surface area contributed by atoms with Crippen molar-refractivity contribution < 1.29 is 0 Å². The third kappa shape index (κ3) is 2.42. The Hall–Kier alpha value is 0.597. The fraction of sp³-hybridized carbons (Fsp3) is 0.833. The Morgan fingerprint density at radius 1 is 1.14 bits per heavy atom. The summed E-state index contributed by atoms with van der Waals surface area (Å²) in [7, 11) is 0. The summed E-state index contributed by atoms with van der Waals surface area (Å²) in [6, 6.07) is 0. The molecule has 0 N–H and O–H groups in total. The summed E-state index contributed by atoms with van der Waals surface area (Å²) in [5, 5.41) is 0. The van der Waals surface area contributed by atoms with E-state index < -0.39 is 0 Å². The van der Waals surface area contributed by atoms with Crippen LogP contribution < -0.4 is 0 Å². The molecular formula is C6H12Li. The zero-order valence-electron chi connectivity index (χ0n) is 4.33. The molecule has 0 saturated heterocycles. The van der Waals surface area contributed by atoms with Gasteiger partial charge in [-0.05, 0) is 18.8 Å². The molecule has 0 nitrogen and oxygen atoms in total. The topological polar surface area (TPSA) is 0 Å². The van der Waals surface area contributed by atoms with E-state index in [2.05, 4.69) is 6.92 Å². The average molecular weight is 91.1 g/mol. The van der Waals surface area contributed by atoms with Gasteiger partial charge in [0.1, 0.15) is 0 Å². The predicted octanol–water partition coefficient (Wildman–Crippen LogP) is 1.51. The van der Waals surface area contributed by atoms with Crippen molar-refractivity contribution in [3.8, 4) is 0 Å². The van der Waals surface area contributed by atoms with Crippen LogP contribution in [0.4, 0.5) is 0 Å². The second kappa shape index (κ2) is 3.58. The molecule has 1 aliphatic carbocycles. The van der Waals surface area contributed by atoms with E-state index >= 15 is 0 Å². The van der Waals surface area contributed by atoms with Gasteiger partial charge in [-0.3, -0.25) is 0 Å². The summed E-state index contributed by atoms with van der Waals surface area (Å²) in [6.45, 7) is 2.26. The van der Waals surface area contributed by atoms with E-state index in [1.807, 2.05) is 0 Å². The standard InChI is InChI=1S/C6H11.Li.H/c1-6-4-2-3-5-6;;/h2-5H2,1H3;;. The molecule has 1 fully saturated rings. The van der Waals surface area contributed by atoms with Gasteiger partial charge in [-0.2, -0.15) is 0 Å². The average Bonchev–Trinajstić information content (AvgIpc) is 1.86. The first kappa shape index (κ1) is 7.60. The van der Waals surface area contributed by atoms with Crippen molar-refractivity contribution in [1.82, 2.24) is 0 Å². The molecule has 1 rings (SSSR count). The van der Waals surface area contributed by atoms with E-state index in [4.69, 9.17) is 0 Å². The van der Waals surface area contributed by atoms with Crippen molar-refractivity contribution in [2.75, 3.05) is 0 Å². The molecule has 7 heavy (non-hydrogen) atoms. The Labute approximate surface area is 57.9 Å². The molecule has 1 aliphatic rings. The van der Waals surface area contributed by atoms with E-state index in [0.29, 0.717) is 0 Å². The predicted molar refractivity (Wildman–Crippen MR) is 34.5 cm³/mol. The molecule has 0 spiro atoms. The van der Waals surface area contributed by atoms with Crippen molar-refractivity contribution >= 4 is 18.9 Å². The fourth-order valence-corrected chi connectivity index (χ4v) is 0.979. The molecule has 0 atom stereocenters.